The van der Waals surface area contributed by atoms with Gasteiger partial charge in [-0.15, -0.1) is 0 Å². The van der Waals surface area contributed by atoms with E-state index in [9.17, 15) is 14.4 Å². The van der Waals surface area contributed by atoms with Crippen molar-refractivity contribution < 1.29 is 22.2 Å². The number of imidazole rings is 2. The molecule has 3 heterocycles. The van der Waals surface area contributed by atoms with Gasteiger partial charge in [0.2, 0.25) is 11.9 Å². The average Bonchev–Trinajstić information content (AvgIpc) is 3.83. The van der Waals surface area contributed by atoms with Crippen LogP contribution in [0.25, 0.3) is 33.6 Å². The number of aromatic nitrogens is 4. The maximum Gasteiger partial charge on any atom is 0.417 e. The van der Waals surface area contributed by atoms with E-state index in [1.165, 1.54) is 23.0 Å². The minimum Gasteiger partial charge on any atom is -0.449 e. The van der Waals surface area contributed by atoms with Gasteiger partial charge in [0.25, 0.3) is 0 Å². The Morgan fingerprint density at radius 1 is 0.933 bits per heavy atom. The number of carbonyl (C=O) groups excluding carboxylic acids is 3. The summed E-state index contributed by atoms with van der Waals surface area (Å²) >= 11 is 1.51. The summed E-state index contributed by atoms with van der Waals surface area (Å²) in [5.41, 5.74) is 5.66. The number of ether oxygens (including phenoxy) is 1. The number of amides is 3. The minimum absolute atomic E-state index is 0.0978. The molecule has 0 radical (unpaired) electrons. The zero-order chi connectivity index (χ0) is 31.9. The van der Waals surface area contributed by atoms with Gasteiger partial charge in [0.1, 0.15) is 11.9 Å². The van der Waals surface area contributed by atoms with Gasteiger partial charge in [-0.2, -0.15) is 0 Å². The highest BCUT2D eigenvalue weighted by Gasteiger charge is 2.37. The van der Waals surface area contributed by atoms with E-state index in [2.05, 4.69) is 42.7 Å². The van der Waals surface area contributed by atoms with Crippen LogP contribution in [-0.4, -0.2) is 62.1 Å². The second-order valence-corrected chi connectivity index (χ2v) is 11.6. The number of anilines is 1. The molecule has 2 aromatic heterocycles. The molecule has 1 saturated heterocycles. The lowest BCUT2D eigenvalue weighted by atomic mass is 10.0. The summed E-state index contributed by atoms with van der Waals surface area (Å²) in [5, 5.41) is 5.27. The van der Waals surface area contributed by atoms with Gasteiger partial charge < -0.3 is 28.0 Å². The highest BCUT2D eigenvalue weighted by molar-refractivity contribution is 14.1. The zero-order valence-corrected chi connectivity index (χ0v) is 27.5. The van der Waals surface area contributed by atoms with Gasteiger partial charge >= 0.3 is 12.2 Å². The van der Waals surface area contributed by atoms with Gasteiger partial charge in [0, 0.05) is 6.54 Å². The van der Waals surface area contributed by atoms with Crippen molar-refractivity contribution in [3.8, 4) is 33.6 Å². The van der Waals surface area contributed by atoms with Crippen LogP contribution in [0.5, 0.6) is 0 Å². The molecule has 0 unspecified atom stereocenters. The third kappa shape index (κ3) is 7.64. The monoisotopic (exact) mass is 725 g/mol. The molecular formula is C32H36IN7O5. The average molecular weight is 726 g/mol. The first-order valence-corrected chi connectivity index (χ1v) is 15.8. The molecule has 1 aliphatic heterocycles. The van der Waals surface area contributed by atoms with Crippen LogP contribution in [0.15, 0.2) is 60.9 Å². The van der Waals surface area contributed by atoms with Crippen LogP contribution in [0.4, 0.5) is 15.5 Å². The number of hydrogen-bond acceptors (Lipinski definition) is 7. The molecular weight excluding hydrogens is 689 g/mol. The van der Waals surface area contributed by atoms with Gasteiger partial charge in [0.05, 0.1) is 36.4 Å². The molecule has 2 atom stereocenters. The highest BCUT2D eigenvalue weighted by Crippen LogP contribution is 2.33. The van der Waals surface area contributed by atoms with Crippen LogP contribution in [-0.2, 0) is 12.6 Å². The van der Waals surface area contributed by atoms with Crippen molar-refractivity contribution >= 4 is 47.0 Å². The molecule has 4 aromatic rings. The summed E-state index contributed by atoms with van der Waals surface area (Å²) in [6, 6.07) is 15.4. The topological polar surface area (TPSA) is 154 Å². The molecule has 0 saturated carbocycles. The Labute approximate surface area is 275 Å². The Morgan fingerprint density at radius 3 is 2.13 bits per heavy atom. The lowest BCUT2D eigenvalue weighted by Gasteiger charge is -2.29. The maximum absolute atomic E-state index is 13.4. The molecule has 2 aromatic carbocycles. The smallest absolute Gasteiger partial charge is 0.417 e. The molecule has 13 heteroatoms. The van der Waals surface area contributed by atoms with Gasteiger partial charge in [0.15, 0.2) is 23.0 Å². The van der Waals surface area contributed by atoms with Crippen molar-refractivity contribution in [2.45, 2.75) is 52.1 Å². The van der Waals surface area contributed by atoms with E-state index in [0.717, 1.165) is 58.7 Å². The summed E-state index contributed by atoms with van der Waals surface area (Å²) < 4.78 is 9.73. The predicted molar refractivity (Wildman–Crippen MR) is 178 cm³/mol. The molecule has 5 rings (SSSR count). The Bertz CT molecular complexity index is 1620. The Hall–Kier alpha value is -4.40. The van der Waals surface area contributed by atoms with Crippen LogP contribution in [0.3, 0.4) is 0 Å². The minimum atomic E-state index is -0.682. The molecule has 0 bridgehead atoms. The highest BCUT2D eigenvalue weighted by atomic mass is 127. The predicted octanol–water partition coefficient (Wildman–Crippen LogP) is 6.86. The number of hydrogen-bond donors (Lipinski definition) is 4. The molecule has 1 fully saturated rings. The van der Waals surface area contributed by atoms with Crippen molar-refractivity contribution in [1.82, 2.24) is 30.2 Å². The number of aromatic amines is 2. The maximum atomic E-state index is 13.4. The summed E-state index contributed by atoms with van der Waals surface area (Å²) in [5.74, 6) is 0.818. The standard InChI is InChI=1S/C32H36IN7O5/c1-4-16-44-31(42)39-30-35-18-25(37-30)23-13-9-21(10-14-23)20-7-11-22(12-8-20)24-17-34-28(36-24)26-6-5-15-40(26)29(41)27(19(2)3)38-32(43)45-33/h7-14,17-19,26-27H,4-6,15-16H2,1-3H3,(H,34,36)(H,38,43)(H2,35,37,39,42)/t26-,27-/m0/s1. The molecule has 45 heavy (non-hydrogen) atoms. The molecule has 4 N–H and O–H groups in total. The van der Waals surface area contributed by atoms with E-state index in [1.807, 2.05) is 57.2 Å². The number of benzene rings is 2. The Kier molecular flexibility index (Phi) is 10.4. The summed E-state index contributed by atoms with van der Waals surface area (Å²) in [7, 11) is 0. The van der Waals surface area contributed by atoms with E-state index in [-0.39, 0.29) is 17.9 Å². The first kappa shape index (κ1) is 32.0. The molecule has 12 nitrogen and oxygen atoms in total. The van der Waals surface area contributed by atoms with E-state index in [0.29, 0.717) is 19.1 Å². The molecule has 0 spiro atoms. The van der Waals surface area contributed by atoms with E-state index < -0.39 is 18.2 Å². The largest absolute Gasteiger partial charge is 0.449 e. The van der Waals surface area contributed by atoms with E-state index in [4.69, 9.17) is 7.80 Å². The quantitative estimate of drug-likeness (QED) is 0.130. The Morgan fingerprint density at radius 2 is 1.53 bits per heavy atom. The molecule has 0 aliphatic carbocycles. The molecule has 3 amide bonds. The summed E-state index contributed by atoms with van der Waals surface area (Å²) in [4.78, 5) is 54.2. The number of nitrogens with one attached hydrogen (secondary N) is 4. The number of carbonyl (C=O) groups is 3. The third-order valence-electron chi connectivity index (χ3n) is 7.68. The fraction of sp³-hybridized carbons (Fsp3) is 0.344. The van der Waals surface area contributed by atoms with E-state index >= 15 is 0 Å². The Balaban J connectivity index is 1.24. The SMILES string of the molecule is CCCOC(=O)Nc1ncc(-c2ccc(-c3ccc(-c4cnc([C@@H]5CCCN5C(=O)[C@@H](NC(=O)OI)C(C)C)[nH]4)cc3)cc2)[nH]1. The number of likely N-dealkylation sites (tertiary alicyclic amines) is 1. The normalized spacial score (nSPS) is 15.1. The molecule has 236 valence electrons. The number of halogens is 1. The first-order chi connectivity index (χ1) is 21.8. The summed E-state index contributed by atoms with van der Waals surface area (Å²) in [6.45, 7) is 6.67. The van der Waals surface area contributed by atoms with Gasteiger partial charge in [-0.25, -0.2) is 19.6 Å². The first-order valence-electron chi connectivity index (χ1n) is 14.9. The van der Waals surface area contributed by atoms with Crippen molar-refractivity contribution in [2.24, 2.45) is 5.92 Å². The van der Waals surface area contributed by atoms with Crippen molar-refractivity contribution in [2.75, 3.05) is 18.5 Å². The molecule has 1 aliphatic rings. The van der Waals surface area contributed by atoms with Crippen molar-refractivity contribution in [3.63, 3.8) is 0 Å². The number of H-pyrrole nitrogens is 2. The zero-order valence-electron chi connectivity index (χ0n) is 25.3. The second-order valence-electron chi connectivity index (χ2n) is 11.2. The van der Waals surface area contributed by atoms with Crippen LogP contribution in [0.2, 0.25) is 0 Å². The fourth-order valence-corrected chi connectivity index (χ4v) is 5.48. The van der Waals surface area contributed by atoms with Gasteiger partial charge in [-0.1, -0.05) is 69.3 Å². The van der Waals surface area contributed by atoms with Crippen LogP contribution < -0.4 is 10.6 Å². The van der Waals surface area contributed by atoms with Gasteiger partial charge in [-0.05, 0) is 47.4 Å². The van der Waals surface area contributed by atoms with Crippen LogP contribution in [0.1, 0.15) is 51.9 Å². The third-order valence-corrected chi connectivity index (χ3v) is 8.08. The second kappa shape index (κ2) is 14.6. The summed E-state index contributed by atoms with van der Waals surface area (Å²) in [6.07, 6.45) is 4.68. The van der Waals surface area contributed by atoms with Crippen LogP contribution >= 0.6 is 23.0 Å². The van der Waals surface area contributed by atoms with Gasteiger partial charge in [-0.3, -0.25) is 10.1 Å². The van der Waals surface area contributed by atoms with Crippen LogP contribution in [0, 0.1) is 5.92 Å². The lowest BCUT2D eigenvalue weighted by Crippen LogP contribution is -2.50. The van der Waals surface area contributed by atoms with Crippen molar-refractivity contribution in [3.05, 3.63) is 66.7 Å². The van der Waals surface area contributed by atoms with E-state index in [1.54, 1.807) is 17.3 Å². The van der Waals surface area contributed by atoms with Crippen molar-refractivity contribution in [1.29, 1.82) is 0 Å². The number of nitrogens with zero attached hydrogens (tertiary/aromatic N) is 3. The fourth-order valence-electron chi connectivity index (χ4n) is 5.35. The number of rotatable bonds is 10. The lowest BCUT2D eigenvalue weighted by molar-refractivity contribution is -0.135.